The molecule has 2 aromatic heterocycles. The second kappa shape index (κ2) is 9.54. The number of rotatable bonds is 8. The number of benzene rings is 1. The summed E-state index contributed by atoms with van der Waals surface area (Å²) in [5.41, 5.74) is 1.89. The van der Waals surface area contributed by atoms with Crippen molar-refractivity contribution in [1.29, 1.82) is 0 Å². The van der Waals surface area contributed by atoms with E-state index >= 15 is 0 Å². The largest absolute Gasteiger partial charge is 0.454 e. The minimum atomic E-state index is -0.412. The second-order valence-electron chi connectivity index (χ2n) is 8.07. The molecule has 3 aromatic rings. The van der Waals surface area contributed by atoms with Gasteiger partial charge >= 0.3 is 0 Å². The van der Waals surface area contributed by atoms with Crippen LogP contribution in [0.3, 0.4) is 0 Å². The number of carbonyl (C=O) groups is 1. The Morgan fingerprint density at radius 2 is 2.09 bits per heavy atom. The first-order valence-electron chi connectivity index (χ1n) is 10.7. The summed E-state index contributed by atoms with van der Waals surface area (Å²) in [5, 5.41) is 3.67. The van der Waals surface area contributed by atoms with Gasteiger partial charge in [-0.25, -0.2) is 4.98 Å². The highest BCUT2D eigenvalue weighted by Gasteiger charge is 2.20. The normalized spacial score (nSPS) is 14.5. The summed E-state index contributed by atoms with van der Waals surface area (Å²) in [5.74, 6) is 1.78. The molecule has 2 N–H and O–H groups in total. The molecule has 0 spiro atoms. The Kier molecular flexibility index (Phi) is 6.76. The van der Waals surface area contributed by atoms with Gasteiger partial charge in [0.2, 0.25) is 12.7 Å². The Balaban J connectivity index is 1.43. The predicted molar refractivity (Wildman–Crippen MR) is 128 cm³/mol. The number of carbonyl (C=O) groups excluding carboxylic acids is 1. The van der Waals surface area contributed by atoms with Crippen LogP contribution in [0.5, 0.6) is 11.5 Å². The molecule has 0 saturated carbocycles. The van der Waals surface area contributed by atoms with E-state index < -0.39 is 5.25 Å². The van der Waals surface area contributed by atoms with Crippen LogP contribution in [0.1, 0.15) is 43.2 Å². The molecule has 32 heavy (non-hydrogen) atoms. The Labute approximate surface area is 194 Å². The van der Waals surface area contributed by atoms with Crippen LogP contribution in [0.25, 0.3) is 10.2 Å². The zero-order valence-electron chi connectivity index (χ0n) is 18.6. The molecular weight excluding hydrogens is 446 g/mol. The van der Waals surface area contributed by atoms with Gasteiger partial charge in [0.1, 0.15) is 4.83 Å². The van der Waals surface area contributed by atoms with Crippen LogP contribution in [0, 0.1) is 12.8 Å². The summed E-state index contributed by atoms with van der Waals surface area (Å²) in [6.45, 7) is 8.80. The van der Waals surface area contributed by atoms with Gasteiger partial charge in [0, 0.05) is 11.4 Å². The molecule has 2 atom stereocenters. The van der Waals surface area contributed by atoms with Crippen LogP contribution in [0.2, 0.25) is 0 Å². The predicted octanol–water partition coefficient (Wildman–Crippen LogP) is 4.41. The van der Waals surface area contributed by atoms with Crippen LogP contribution in [-0.2, 0) is 17.8 Å². The van der Waals surface area contributed by atoms with Crippen molar-refractivity contribution in [2.24, 2.45) is 5.92 Å². The zero-order chi connectivity index (χ0) is 22.8. The fraction of sp³-hybridized carbons (Fsp3) is 0.435. The number of H-pyrrole nitrogens is 1. The average Bonchev–Trinajstić information content (AvgIpc) is 3.35. The molecule has 0 bridgehead atoms. The number of amides is 1. The number of thiophene rings is 1. The number of ether oxygens (including phenoxy) is 2. The summed E-state index contributed by atoms with van der Waals surface area (Å²) < 4.78 is 10.7. The molecule has 4 rings (SSSR count). The lowest BCUT2D eigenvalue weighted by atomic mass is 9.98. The van der Waals surface area contributed by atoms with Crippen LogP contribution < -0.4 is 20.3 Å². The van der Waals surface area contributed by atoms with Gasteiger partial charge < -0.3 is 19.8 Å². The first-order chi connectivity index (χ1) is 15.4. The van der Waals surface area contributed by atoms with E-state index in [1.807, 2.05) is 25.1 Å². The van der Waals surface area contributed by atoms with Gasteiger partial charge in [0.05, 0.1) is 10.6 Å². The molecule has 170 valence electrons. The number of fused-ring (bicyclic) bond motifs is 2. The monoisotopic (exact) mass is 473 g/mol. The molecule has 0 saturated heterocycles. The smallest absolute Gasteiger partial charge is 0.260 e. The van der Waals surface area contributed by atoms with E-state index in [0.717, 1.165) is 33.7 Å². The Bertz CT molecular complexity index is 1200. The van der Waals surface area contributed by atoms with Crippen LogP contribution in [-0.4, -0.2) is 27.9 Å². The third-order valence-electron chi connectivity index (χ3n) is 5.65. The van der Waals surface area contributed by atoms with Crippen molar-refractivity contribution in [2.45, 2.75) is 57.5 Å². The molecular formula is C23H27N3O4S2. The number of thioether (sulfide) groups is 1. The maximum Gasteiger partial charge on any atom is 0.260 e. The molecule has 9 heteroatoms. The Morgan fingerprint density at radius 3 is 2.88 bits per heavy atom. The SMILES string of the molecule is CCC(C)Cc1c(C)sc2nc(SC(C)C(=O)NCc3ccc4c(c3)OCO4)[nH]c(=O)c12. The lowest BCUT2D eigenvalue weighted by Crippen LogP contribution is -2.30. The van der Waals surface area contributed by atoms with Crippen molar-refractivity contribution in [2.75, 3.05) is 6.79 Å². The number of aromatic amines is 1. The quantitative estimate of drug-likeness (QED) is 0.372. The highest BCUT2D eigenvalue weighted by Crippen LogP contribution is 2.33. The van der Waals surface area contributed by atoms with Crippen LogP contribution >= 0.6 is 23.1 Å². The molecule has 7 nitrogen and oxygen atoms in total. The number of hydrogen-bond acceptors (Lipinski definition) is 7. The number of nitrogens with one attached hydrogen (secondary N) is 2. The standard InChI is InChI=1S/C23H27N3O4S2/c1-5-12(2)8-16-13(3)31-22-19(16)21(28)25-23(26-22)32-14(4)20(27)24-10-15-6-7-17-18(9-15)30-11-29-17/h6-7,9,12,14H,5,8,10-11H2,1-4H3,(H,24,27)(H,25,26,28). The molecule has 1 aliphatic rings. The van der Waals surface area contributed by atoms with E-state index in [1.165, 1.54) is 11.8 Å². The Hall–Kier alpha value is -2.52. The average molecular weight is 474 g/mol. The first kappa shape index (κ1) is 22.7. The zero-order valence-corrected chi connectivity index (χ0v) is 20.2. The van der Waals surface area contributed by atoms with E-state index in [4.69, 9.17) is 9.47 Å². The van der Waals surface area contributed by atoms with E-state index in [0.29, 0.717) is 34.5 Å². The fourth-order valence-corrected chi connectivity index (χ4v) is 5.49. The van der Waals surface area contributed by atoms with Crippen molar-refractivity contribution >= 4 is 39.2 Å². The summed E-state index contributed by atoms with van der Waals surface area (Å²) in [6.07, 6.45) is 1.94. The lowest BCUT2D eigenvalue weighted by Gasteiger charge is -2.12. The van der Waals surface area contributed by atoms with Gasteiger partial charge in [-0.2, -0.15) is 0 Å². The van der Waals surface area contributed by atoms with Gasteiger partial charge in [-0.05, 0) is 49.4 Å². The molecule has 3 heterocycles. The Morgan fingerprint density at radius 1 is 1.31 bits per heavy atom. The third kappa shape index (κ3) is 4.78. The number of aryl methyl sites for hydroxylation is 1. The number of hydrogen-bond donors (Lipinski definition) is 2. The molecule has 1 amide bonds. The van der Waals surface area contributed by atoms with E-state index in [1.54, 1.807) is 18.3 Å². The van der Waals surface area contributed by atoms with Crippen molar-refractivity contribution in [3.63, 3.8) is 0 Å². The lowest BCUT2D eigenvalue weighted by molar-refractivity contribution is -0.120. The van der Waals surface area contributed by atoms with Crippen LogP contribution in [0.15, 0.2) is 28.2 Å². The van der Waals surface area contributed by atoms with Gasteiger partial charge in [0.15, 0.2) is 16.7 Å². The molecule has 0 fully saturated rings. The van der Waals surface area contributed by atoms with Gasteiger partial charge in [-0.1, -0.05) is 38.1 Å². The van der Waals surface area contributed by atoms with Crippen LogP contribution in [0.4, 0.5) is 0 Å². The summed E-state index contributed by atoms with van der Waals surface area (Å²) in [6, 6.07) is 5.60. The molecule has 2 unspecified atom stereocenters. The van der Waals surface area contributed by atoms with Gasteiger partial charge in [-0.15, -0.1) is 11.3 Å². The second-order valence-corrected chi connectivity index (χ2v) is 10.6. The van der Waals surface area contributed by atoms with Gasteiger partial charge in [-0.3, -0.25) is 9.59 Å². The molecule has 0 radical (unpaired) electrons. The maximum absolute atomic E-state index is 12.8. The molecule has 0 aliphatic carbocycles. The van der Waals surface area contributed by atoms with Gasteiger partial charge in [0.25, 0.3) is 5.56 Å². The minimum Gasteiger partial charge on any atom is -0.454 e. The van der Waals surface area contributed by atoms with Crippen molar-refractivity contribution in [1.82, 2.24) is 15.3 Å². The van der Waals surface area contributed by atoms with E-state index in [2.05, 4.69) is 29.1 Å². The maximum atomic E-state index is 12.8. The van der Waals surface area contributed by atoms with Crippen molar-refractivity contribution < 1.29 is 14.3 Å². The minimum absolute atomic E-state index is 0.129. The van der Waals surface area contributed by atoms with E-state index in [9.17, 15) is 9.59 Å². The third-order valence-corrected chi connectivity index (χ3v) is 7.68. The highest BCUT2D eigenvalue weighted by molar-refractivity contribution is 8.00. The number of aromatic nitrogens is 2. The molecule has 1 aromatic carbocycles. The summed E-state index contributed by atoms with van der Waals surface area (Å²) in [7, 11) is 0. The topological polar surface area (TPSA) is 93.3 Å². The van der Waals surface area contributed by atoms with Crippen molar-refractivity contribution in [3.05, 3.63) is 44.6 Å². The van der Waals surface area contributed by atoms with Crippen molar-refractivity contribution in [3.8, 4) is 11.5 Å². The van der Waals surface area contributed by atoms with E-state index in [-0.39, 0.29) is 18.3 Å². The highest BCUT2D eigenvalue weighted by atomic mass is 32.2. The summed E-state index contributed by atoms with van der Waals surface area (Å²) in [4.78, 5) is 34.8. The fourth-order valence-electron chi connectivity index (χ4n) is 3.55. The number of nitrogens with zero attached hydrogens (tertiary/aromatic N) is 1. The molecule has 1 aliphatic heterocycles. The first-order valence-corrected chi connectivity index (χ1v) is 12.4. The summed E-state index contributed by atoms with van der Waals surface area (Å²) >= 11 is 2.80.